The Morgan fingerprint density at radius 2 is 2.00 bits per heavy atom. The fraction of sp³-hybridized carbons (Fsp3) is 0.414. The van der Waals surface area contributed by atoms with Crippen LogP contribution in [0.3, 0.4) is 0 Å². The molecule has 0 bridgehead atoms. The lowest BCUT2D eigenvalue weighted by Gasteiger charge is -2.27. The molecule has 0 saturated carbocycles. The number of ether oxygens (including phenoxy) is 3. The summed E-state index contributed by atoms with van der Waals surface area (Å²) in [5.74, 6) is 1.44. The number of aromatic nitrogens is 2. The Morgan fingerprint density at radius 3 is 2.69 bits per heavy atom. The molecular formula is C29H37N3O4. The van der Waals surface area contributed by atoms with Crippen molar-refractivity contribution in [3.8, 4) is 22.9 Å². The van der Waals surface area contributed by atoms with E-state index in [-0.39, 0.29) is 12.7 Å². The standard InChI is InChI=1S/C29H37N3O4/c1-4-16-34-21-24(33)18-32(19-26-11-8-17-35-26)20-27-28(23-9-6-5-7-10-23)30-31(3)29(27)36-25-14-12-22(2)13-15-25/h4-7,9-10,12-15,24,26,33H,1,8,11,16-21H2,2-3H3/t24-,26-/m0/s1. The molecule has 7 heteroatoms. The summed E-state index contributed by atoms with van der Waals surface area (Å²) in [6.45, 7) is 8.90. The van der Waals surface area contributed by atoms with E-state index in [1.165, 1.54) is 5.56 Å². The van der Waals surface area contributed by atoms with Gasteiger partial charge in [-0.1, -0.05) is 54.1 Å². The molecule has 0 aliphatic carbocycles. The molecule has 0 amide bonds. The average molecular weight is 492 g/mol. The molecule has 4 rings (SSSR count). The molecule has 3 aromatic rings. The lowest BCUT2D eigenvalue weighted by Crippen LogP contribution is -2.39. The van der Waals surface area contributed by atoms with Gasteiger partial charge in [0.15, 0.2) is 0 Å². The van der Waals surface area contributed by atoms with Crippen molar-refractivity contribution < 1.29 is 19.3 Å². The van der Waals surface area contributed by atoms with E-state index in [4.69, 9.17) is 19.3 Å². The van der Waals surface area contributed by atoms with E-state index in [2.05, 4.69) is 30.5 Å². The average Bonchev–Trinajstić information content (AvgIpc) is 3.49. The highest BCUT2D eigenvalue weighted by atomic mass is 16.5. The molecule has 2 aromatic carbocycles. The van der Waals surface area contributed by atoms with E-state index in [0.717, 1.165) is 42.0 Å². The molecule has 1 aliphatic rings. The number of aliphatic hydroxyl groups is 1. The van der Waals surface area contributed by atoms with Crippen molar-refractivity contribution in [2.75, 3.05) is 32.9 Å². The van der Waals surface area contributed by atoms with Gasteiger partial charge < -0.3 is 19.3 Å². The number of aliphatic hydroxyl groups excluding tert-OH is 1. The second-order valence-electron chi connectivity index (χ2n) is 9.35. The summed E-state index contributed by atoms with van der Waals surface area (Å²) in [6.07, 6.45) is 3.28. The minimum Gasteiger partial charge on any atom is -0.439 e. The molecule has 1 aromatic heterocycles. The highest BCUT2D eigenvalue weighted by molar-refractivity contribution is 5.65. The van der Waals surface area contributed by atoms with Crippen molar-refractivity contribution in [3.05, 3.63) is 78.4 Å². The lowest BCUT2D eigenvalue weighted by molar-refractivity contribution is 0.00845. The smallest absolute Gasteiger partial charge is 0.222 e. The van der Waals surface area contributed by atoms with Gasteiger partial charge in [-0.25, -0.2) is 4.68 Å². The topological polar surface area (TPSA) is 69.0 Å². The third kappa shape index (κ3) is 7.04. The van der Waals surface area contributed by atoms with Gasteiger partial charge in [0.05, 0.1) is 31.0 Å². The SMILES string of the molecule is C=CCOC[C@@H](O)CN(Cc1c(-c2ccccc2)nn(C)c1Oc1ccc(C)cc1)C[C@@H]1CCCO1. The van der Waals surface area contributed by atoms with Crippen molar-refractivity contribution in [2.45, 2.75) is 38.5 Å². The molecule has 1 fully saturated rings. The van der Waals surface area contributed by atoms with E-state index in [1.54, 1.807) is 10.8 Å². The van der Waals surface area contributed by atoms with E-state index in [1.807, 2.05) is 49.5 Å². The molecule has 36 heavy (non-hydrogen) atoms. The summed E-state index contributed by atoms with van der Waals surface area (Å²) in [4.78, 5) is 2.23. The van der Waals surface area contributed by atoms with Gasteiger partial charge in [-0.15, -0.1) is 6.58 Å². The highest BCUT2D eigenvalue weighted by Crippen LogP contribution is 2.34. The maximum atomic E-state index is 10.7. The van der Waals surface area contributed by atoms with Gasteiger partial charge in [0, 0.05) is 38.9 Å². The van der Waals surface area contributed by atoms with Crippen LogP contribution in [0.4, 0.5) is 0 Å². The van der Waals surface area contributed by atoms with Crippen LogP contribution in [0.2, 0.25) is 0 Å². The second-order valence-corrected chi connectivity index (χ2v) is 9.35. The first-order chi connectivity index (χ1) is 17.5. The molecule has 2 atom stereocenters. The normalized spacial score (nSPS) is 16.4. The minimum atomic E-state index is -0.635. The summed E-state index contributed by atoms with van der Waals surface area (Å²) in [7, 11) is 1.90. The van der Waals surface area contributed by atoms with Crippen LogP contribution in [0, 0.1) is 6.92 Å². The number of nitrogens with zero attached hydrogens (tertiary/aromatic N) is 3. The molecule has 1 aliphatic heterocycles. The summed E-state index contributed by atoms with van der Waals surface area (Å²) in [6, 6.07) is 18.2. The Kier molecular flexibility index (Phi) is 9.30. The zero-order valence-corrected chi connectivity index (χ0v) is 21.3. The summed E-state index contributed by atoms with van der Waals surface area (Å²) in [5.41, 5.74) is 4.04. The van der Waals surface area contributed by atoms with Crippen LogP contribution in [0.1, 0.15) is 24.0 Å². The number of hydrogen-bond donors (Lipinski definition) is 1. The third-order valence-electron chi connectivity index (χ3n) is 6.25. The summed E-state index contributed by atoms with van der Waals surface area (Å²) < 4.78 is 19.6. The van der Waals surface area contributed by atoms with Crippen LogP contribution in [0.25, 0.3) is 11.3 Å². The first kappa shape index (κ1) is 26.1. The van der Waals surface area contributed by atoms with Gasteiger partial charge >= 0.3 is 0 Å². The van der Waals surface area contributed by atoms with Crippen LogP contribution in [-0.4, -0.2) is 64.9 Å². The zero-order valence-electron chi connectivity index (χ0n) is 21.3. The Balaban J connectivity index is 1.64. The quantitative estimate of drug-likeness (QED) is 0.275. The maximum absolute atomic E-state index is 10.7. The Morgan fingerprint density at radius 1 is 1.22 bits per heavy atom. The third-order valence-corrected chi connectivity index (χ3v) is 6.25. The van der Waals surface area contributed by atoms with E-state index in [0.29, 0.717) is 32.1 Å². The van der Waals surface area contributed by atoms with Crippen LogP contribution < -0.4 is 4.74 Å². The fourth-order valence-electron chi connectivity index (χ4n) is 4.51. The van der Waals surface area contributed by atoms with Crippen LogP contribution in [0.5, 0.6) is 11.6 Å². The van der Waals surface area contributed by atoms with Gasteiger partial charge in [-0.05, 0) is 31.9 Å². The molecular weight excluding hydrogens is 454 g/mol. The van der Waals surface area contributed by atoms with Crippen LogP contribution >= 0.6 is 0 Å². The molecule has 0 radical (unpaired) electrons. The molecule has 1 N–H and O–H groups in total. The predicted molar refractivity (Wildman–Crippen MR) is 141 cm³/mol. The number of rotatable bonds is 13. The lowest BCUT2D eigenvalue weighted by atomic mass is 10.1. The molecule has 7 nitrogen and oxygen atoms in total. The molecule has 0 unspecified atom stereocenters. The van der Waals surface area contributed by atoms with Gasteiger partial charge in [-0.2, -0.15) is 5.10 Å². The molecule has 1 saturated heterocycles. The highest BCUT2D eigenvalue weighted by Gasteiger charge is 2.26. The number of hydrogen-bond acceptors (Lipinski definition) is 6. The largest absolute Gasteiger partial charge is 0.439 e. The van der Waals surface area contributed by atoms with Gasteiger partial charge in [-0.3, -0.25) is 4.90 Å². The van der Waals surface area contributed by atoms with Gasteiger partial charge in [0.1, 0.15) is 11.4 Å². The second kappa shape index (κ2) is 12.8. The van der Waals surface area contributed by atoms with Gasteiger partial charge in [0.2, 0.25) is 5.88 Å². The maximum Gasteiger partial charge on any atom is 0.222 e. The molecule has 0 spiro atoms. The van der Waals surface area contributed by atoms with Crippen molar-refractivity contribution in [3.63, 3.8) is 0 Å². The fourth-order valence-corrected chi connectivity index (χ4v) is 4.51. The number of benzene rings is 2. The first-order valence-electron chi connectivity index (χ1n) is 12.6. The van der Waals surface area contributed by atoms with Crippen molar-refractivity contribution >= 4 is 0 Å². The van der Waals surface area contributed by atoms with Gasteiger partial charge in [0.25, 0.3) is 0 Å². The minimum absolute atomic E-state index is 0.143. The Labute approximate surface area is 213 Å². The van der Waals surface area contributed by atoms with Crippen LogP contribution in [0.15, 0.2) is 67.3 Å². The Hall–Kier alpha value is -2.97. The zero-order chi connectivity index (χ0) is 25.3. The van der Waals surface area contributed by atoms with Crippen LogP contribution in [-0.2, 0) is 23.1 Å². The first-order valence-corrected chi connectivity index (χ1v) is 12.6. The summed E-state index contributed by atoms with van der Waals surface area (Å²) >= 11 is 0. The Bertz CT molecular complexity index is 1090. The van der Waals surface area contributed by atoms with E-state index < -0.39 is 6.10 Å². The van der Waals surface area contributed by atoms with Crippen molar-refractivity contribution in [1.29, 1.82) is 0 Å². The molecule has 192 valence electrons. The summed E-state index contributed by atoms with van der Waals surface area (Å²) in [5, 5.41) is 15.6. The van der Waals surface area contributed by atoms with Crippen molar-refractivity contribution in [1.82, 2.24) is 14.7 Å². The predicted octanol–water partition coefficient (Wildman–Crippen LogP) is 4.73. The van der Waals surface area contributed by atoms with Crippen molar-refractivity contribution in [2.24, 2.45) is 7.05 Å². The monoisotopic (exact) mass is 491 g/mol. The molecule has 2 heterocycles. The number of aryl methyl sites for hydroxylation is 2. The van der Waals surface area contributed by atoms with E-state index in [9.17, 15) is 5.11 Å². The van der Waals surface area contributed by atoms with E-state index >= 15 is 0 Å².